The summed E-state index contributed by atoms with van der Waals surface area (Å²) < 4.78 is 6.09. The first-order valence-electron chi connectivity index (χ1n) is 10.9. The van der Waals surface area contributed by atoms with Gasteiger partial charge in [-0.3, -0.25) is 9.78 Å². The number of methoxy groups -OCH3 is 1. The lowest BCUT2D eigenvalue weighted by atomic mass is 9.73. The molecule has 3 aromatic heterocycles. The molecule has 0 amide bonds. The number of benzene rings is 1. The first-order valence-corrected chi connectivity index (χ1v) is 11.7. The summed E-state index contributed by atoms with van der Waals surface area (Å²) in [5, 5.41) is 13.3. The summed E-state index contributed by atoms with van der Waals surface area (Å²) in [5.74, 6) is 2.12. The molecule has 8 nitrogen and oxygen atoms in total. The Hall–Kier alpha value is -3.04. The van der Waals surface area contributed by atoms with Crippen LogP contribution in [0.3, 0.4) is 0 Å². The second-order valence-corrected chi connectivity index (χ2v) is 9.67. The Kier molecular flexibility index (Phi) is 4.62. The SMILES string of the molecule is COc1cccc2c1CC[C@H]1CNC(CCc3cc4c(nn3)sc3c(=O)[nH]c(=O)[nH]c34)[C@@H]21. The van der Waals surface area contributed by atoms with Crippen LogP contribution in [0.4, 0.5) is 0 Å². The van der Waals surface area contributed by atoms with Crippen molar-refractivity contribution in [2.75, 3.05) is 13.7 Å². The Balaban J connectivity index is 1.29. The summed E-state index contributed by atoms with van der Waals surface area (Å²) in [7, 11) is 1.75. The molecule has 1 aromatic carbocycles. The zero-order valence-corrected chi connectivity index (χ0v) is 18.4. The fraction of sp³-hybridized carbons (Fsp3) is 0.391. The fourth-order valence-corrected chi connectivity index (χ4v) is 6.51. The van der Waals surface area contributed by atoms with Crippen LogP contribution in [-0.2, 0) is 12.8 Å². The number of aromatic nitrogens is 4. The van der Waals surface area contributed by atoms with E-state index >= 15 is 0 Å². The number of thiophene rings is 1. The molecule has 6 rings (SSSR count). The van der Waals surface area contributed by atoms with Crippen molar-refractivity contribution >= 4 is 31.8 Å². The predicted octanol–water partition coefficient (Wildman–Crippen LogP) is 2.48. The van der Waals surface area contributed by atoms with Crippen LogP contribution < -0.4 is 21.3 Å². The van der Waals surface area contributed by atoms with Gasteiger partial charge in [0, 0.05) is 17.3 Å². The molecule has 164 valence electrons. The molecular formula is C23H23N5O3S. The van der Waals surface area contributed by atoms with Crippen LogP contribution in [0.15, 0.2) is 33.9 Å². The molecule has 3 atom stereocenters. The Morgan fingerprint density at radius 2 is 2.12 bits per heavy atom. The molecule has 0 radical (unpaired) electrons. The van der Waals surface area contributed by atoms with Crippen LogP contribution >= 0.6 is 11.3 Å². The van der Waals surface area contributed by atoms with Crippen molar-refractivity contribution in [2.24, 2.45) is 5.92 Å². The molecule has 4 aromatic rings. The van der Waals surface area contributed by atoms with Crippen LogP contribution in [0.25, 0.3) is 20.4 Å². The highest BCUT2D eigenvalue weighted by molar-refractivity contribution is 7.25. The molecule has 1 aliphatic carbocycles. The van der Waals surface area contributed by atoms with Crippen molar-refractivity contribution in [3.63, 3.8) is 0 Å². The molecule has 1 aliphatic heterocycles. The van der Waals surface area contributed by atoms with Crippen LogP contribution in [0.1, 0.15) is 35.6 Å². The Morgan fingerprint density at radius 1 is 1.22 bits per heavy atom. The van der Waals surface area contributed by atoms with Gasteiger partial charge in [-0.25, -0.2) is 4.79 Å². The van der Waals surface area contributed by atoms with E-state index in [4.69, 9.17) is 4.74 Å². The fourth-order valence-electron chi connectivity index (χ4n) is 5.56. The molecule has 0 saturated carbocycles. The van der Waals surface area contributed by atoms with E-state index < -0.39 is 5.69 Å². The monoisotopic (exact) mass is 449 g/mol. The molecule has 1 fully saturated rings. The van der Waals surface area contributed by atoms with Gasteiger partial charge in [-0.05, 0) is 61.4 Å². The third-order valence-electron chi connectivity index (χ3n) is 6.99. The highest BCUT2D eigenvalue weighted by Crippen LogP contribution is 2.45. The quantitative estimate of drug-likeness (QED) is 0.441. The molecule has 0 spiro atoms. The first-order chi connectivity index (χ1) is 15.6. The summed E-state index contributed by atoms with van der Waals surface area (Å²) in [6, 6.07) is 8.73. The van der Waals surface area contributed by atoms with Crippen molar-refractivity contribution < 1.29 is 4.74 Å². The highest BCUT2D eigenvalue weighted by Gasteiger charge is 2.40. The van der Waals surface area contributed by atoms with E-state index in [1.54, 1.807) is 7.11 Å². The van der Waals surface area contributed by atoms with Gasteiger partial charge in [-0.1, -0.05) is 12.1 Å². The predicted molar refractivity (Wildman–Crippen MR) is 124 cm³/mol. The standard InChI is InChI=1S/C23H23N5O3S/c1-31-17-4-2-3-14-13(17)7-5-11-10-24-16(18(11)14)8-6-12-9-15-19-20(32-22(15)28-27-12)21(29)26-23(30)25-19/h2-4,9,11,16,18,24H,5-8,10H2,1H3,(H2,25,26,29,30)/t11-,16?,18+/m0/s1. The second kappa shape index (κ2) is 7.53. The average molecular weight is 450 g/mol. The highest BCUT2D eigenvalue weighted by atomic mass is 32.1. The second-order valence-electron chi connectivity index (χ2n) is 8.67. The zero-order valence-electron chi connectivity index (χ0n) is 17.6. The van der Waals surface area contributed by atoms with Gasteiger partial charge in [0.1, 0.15) is 15.3 Å². The van der Waals surface area contributed by atoms with Crippen molar-refractivity contribution in [3.8, 4) is 5.75 Å². The van der Waals surface area contributed by atoms with Crippen LogP contribution in [-0.4, -0.2) is 39.9 Å². The Morgan fingerprint density at radius 3 is 3.00 bits per heavy atom. The summed E-state index contributed by atoms with van der Waals surface area (Å²) in [5.41, 5.74) is 3.28. The topological polar surface area (TPSA) is 113 Å². The minimum Gasteiger partial charge on any atom is -0.496 e. The molecule has 0 bridgehead atoms. The number of hydrogen-bond donors (Lipinski definition) is 3. The van der Waals surface area contributed by atoms with Crippen LogP contribution in [0.5, 0.6) is 5.75 Å². The lowest BCUT2D eigenvalue weighted by Crippen LogP contribution is -2.29. The van der Waals surface area contributed by atoms with Crippen molar-refractivity contribution in [1.29, 1.82) is 0 Å². The lowest BCUT2D eigenvalue weighted by molar-refractivity contribution is 0.377. The van der Waals surface area contributed by atoms with Gasteiger partial charge in [0.15, 0.2) is 0 Å². The van der Waals surface area contributed by atoms with E-state index in [1.165, 1.54) is 28.9 Å². The number of aryl methyl sites for hydroxylation is 1. The van der Waals surface area contributed by atoms with Crippen molar-refractivity contribution in [3.05, 3.63) is 61.9 Å². The Bertz CT molecular complexity index is 1460. The van der Waals surface area contributed by atoms with E-state index in [-0.39, 0.29) is 5.56 Å². The van der Waals surface area contributed by atoms with Crippen LogP contribution in [0, 0.1) is 5.92 Å². The summed E-state index contributed by atoms with van der Waals surface area (Å²) >= 11 is 1.25. The maximum Gasteiger partial charge on any atom is 0.326 e. The number of hydrogen-bond acceptors (Lipinski definition) is 7. The van der Waals surface area contributed by atoms with Gasteiger partial charge in [0.05, 0.1) is 18.3 Å². The maximum atomic E-state index is 12.1. The molecule has 4 heterocycles. The normalized spacial score (nSPS) is 22.2. The lowest BCUT2D eigenvalue weighted by Gasteiger charge is -2.32. The molecule has 3 N–H and O–H groups in total. The number of aromatic amines is 2. The van der Waals surface area contributed by atoms with Gasteiger partial charge in [0.2, 0.25) is 0 Å². The third kappa shape index (κ3) is 3.07. The smallest absolute Gasteiger partial charge is 0.326 e. The van der Waals surface area contributed by atoms with Crippen LogP contribution in [0.2, 0.25) is 0 Å². The van der Waals surface area contributed by atoms with E-state index in [0.717, 1.165) is 42.6 Å². The van der Waals surface area contributed by atoms with E-state index in [1.807, 2.05) is 6.07 Å². The van der Waals surface area contributed by atoms with Gasteiger partial charge >= 0.3 is 5.69 Å². The van der Waals surface area contributed by atoms with E-state index in [0.29, 0.717) is 32.9 Å². The average Bonchev–Trinajstić information content (AvgIpc) is 3.39. The first kappa shape index (κ1) is 19.6. The van der Waals surface area contributed by atoms with E-state index in [9.17, 15) is 9.59 Å². The van der Waals surface area contributed by atoms with E-state index in [2.05, 4.69) is 43.7 Å². The number of nitrogens with zero attached hydrogens (tertiary/aromatic N) is 2. The molecular weight excluding hydrogens is 426 g/mol. The molecule has 1 saturated heterocycles. The van der Waals surface area contributed by atoms with Gasteiger partial charge in [0.25, 0.3) is 5.56 Å². The van der Waals surface area contributed by atoms with Gasteiger partial charge in [-0.15, -0.1) is 16.4 Å². The van der Waals surface area contributed by atoms with Gasteiger partial charge in [-0.2, -0.15) is 5.10 Å². The van der Waals surface area contributed by atoms with Crippen molar-refractivity contribution in [1.82, 2.24) is 25.5 Å². The molecule has 32 heavy (non-hydrogen) atoms. The zero-order chi connectivity index (χ0) is 21.8. The number of nitrogens with one attached hydrogen (secondary N) is 3. The number of fused-ring (bicyclic) bond motifs is 6. The van der Waals surface area contributed by atoms with Gasteiger partial charge < -0.3 is 15.0 Å². The summed E-state index contributed by atoms with van der Waals surface area (Å²) in [6.45, 7) is 1.04. The number of ether oxygens (including phenoxy) is 1. The van der Waals surface area contributed by atoms with Crippen molar-refractivity contribution in [2.45, 2.75) is 37.6 Å². The molecule has 2 aliphatic rings. The molecule has 1 unspecified atom stereocenters. The minimum atomic E-state index is -0.506. The largest absolute Gasteiger partial charge is 0.496 e. The maximum absolute atomic E-state index is 12.1. The third-order valence-corrected chi connectivity index (χ3v) is 8.07. The number of rotatable bonds is 4. The Labute approximate surface area is 187 Å². The summed E-state index contributed by atoms with van der Waals surface area (Å²) in [6.07, 6.45) is 3.96. The molecule has 9 heteroatoms. The summed E-state index contributed by atoms with van der Waals surface area (Å²) in [4.78, 5) is 29.5. The minimum absolute atomic E-state index is 0.366. The number of H-pyrrole nitrogens is 2.